The van der Waals surface area contributed by atoms with Gasteiger partial charge in [-0.2, -0.15) is 0 Å². The molecule has 31 heavy (non-hydrogen) atoms. The third-order valence-electron chi connectivity index (χ3n) is 4.78. The van der Waals surface area contributed by atoms with Crippen LogP contribution in [0.2, 0.25) is 5.02 Å². The molecule has 3 aromatic carbocycles. The predicted octanol–water partition coefficient (Wildman–Crippen LogP) is 5.63. The van der Waals surface area contributed by atoms with Crippen LogP contribution in [0.5, 0.6) is 0 Å². The number of halogens is 1. The summed E-state index contributed by atoms with van der Waals surface area (Å²) in [6.07, 6.45) is 0. The van der Waals surface area contributed by atoms with E-state index in [0.29, 0.717) is 16.3 Å². The fraction of sp³-hybridized carbons (Fsp3) is 0.0435. The van der Waals surface area contributed by atoms with Crippen molar-refractivity contribution in [2.45, 2.75) is 11.8 Å². The zero-order valence-electron chi connectivity index (χ0n) is 16.2. The van der Waals surface area contributed by atoms with Crippen molar-refractivity contribution in [2.75, 3.05) is 4.90 Å². The van der Waals surface area contributed by atoms with Crippen LogP contribution in [0, 0.1) is 17.0 Å². The maximum Gasteiger partial charge on any atom is 0.272 e. The first-order chi connectivity index (χ1) is 14.9. The molecule has 0 unspecified atom stereocenters. The Labute approximate surface area is 187 Å². The topological polar surface area (TPSA) is 80.5 Å². The van der Waals surface area contributed by atoms with Crippen LogP contribution in [0.15, 0.2) is 82.6 Å². The SMILES string of the molecule is Cc1ccc(Cl)cc1N1C(=O)C(Sc2ccccc2)=C(c2ccc([N+](=O)[O-])cc2)C1=O. The molecule has 3 aromatic rings. The van der Waals surface area contributed by atoms with Gasteiger partial charge in [0.05, 0.1) is 21.1 Å². The van der Waals surface area contributed by atoms with Gasteiger partial charge in [0.1, 0.15) is 0 Å². The van der Waals surface area contributed by atoms with Crippen molar-refractivity contribution >= 4 is 52.1 Å². The zero-order chi connectivity index (χ0) is 22.1. The number of nitro groups is 1. The molecule has 0 radical (unpaired) electrons. The number of nitro benzene ring substituents is 1. The maximum atomic E-state index is 13.5. The summed E-state index contributed by atoms with van der Waals surface area (Å²) in [4.78, 5) is 39.5. The molecule has 0 bridgehead atoms. The average Bonchev–Trinajstić information content (AvgIpc) is 3.00. The summed E-state index contributed by atoms with van der Waals surface area (Å²) in [6, 6.07) is 19.8. The molecule has 0 saturated carbocycles. The first kappa shape index (κ1) is 20.8. The molecule has 0 atom stereocenters. The van der Waals surface area contributed by atoms with E-state index >= 15 is 0 Å². The van der Waals surface area contributed by atoms with Crippen LogP contribution in [-0.4, -0.2) is 16.7 Å². The third kappa shape index (κ3) is 3.97. The Hall–Kier alpha value is -3.42. The molecule has 154 valence electrons. The van der Waals surface area contributed by atoms with Gasteiger partial charge in [0.2, 0.25) is 0 Å². The number of rotatable bonds is 5. The Morgan fingerprint density at radius 1 is 0.935 bits per heavy atom. The Morgan fingerprint density at radius 3 is 2.26 bits per heavy atom. The number of hydrogen-bond donors (Lipinski definition) is 0. The first-order valence-corrected chi connectivity index (χ1v) is 10.4. The highest BCUT2D eigenvalue weighted by atomic mass is 35.5. The number of carbonyl (C=O) groups is 2. The van der Waals surface area contributed by atoms with E-state index in [4.69, 9.17) is 11.6 Å². The number of anilines is 1. The number of non-ortho nitro benzene ring substituents is 1. The number of hydrogen-bond acceptors (Lipinski definition) is 5. The summed E-state index contributed by atoms with van der Waals surface area (Å²) in [7, 11) is 0. The highest BCUT2D eigenvalue weighted by molar-refractivity contribution is 8.04. The fourth-order valence-corrected chi connectivity index (χ4v) is 4.44. The second-order valence-electron chi connectivity index (χ2n) is 6.80. The van der Waals surface area contributed by atoms with Crippen LogP contribution < -0.4 is 4.90 Å². The van der Waals surface area contributed by atoms with Gasteiger partial charge in [-0.1, -0.05) is 47.6 Å². The summed E-state index contributed by atoms with van der Waals surface area (Å²) in [6.45, 7) is 1.79. The molecule has 2 amide bonds. The quantitative estimate of drug-likeness (QED) is 0.286. The Morgan fingerprint density at radius 2 is 1.61 bits per heavy atom. The van der Waals surface area contributed by atoms with E-state index < -0.39 is 16.7 Å². The van der Waals surface area contributed by atoms with Gasteiger partial charge in [-0.3, -0.25) is 19.7 Å². The van der Waals surface area contributed by atoms with Crippen molar-refractivity contribution < 1.29 is 14.5 Å². The highest BCUT2D eigenvalue weighted by Crippen LogP contribution is 2.42. The van der Waals surface area contributed by atoms with Gasteiger partial charge < -0.3 is 0 Å². The predicted molar refractivity (Wildman–Crippen MR) is 121 cm³/mol. The van der Waals surface area contributed by atoms with Gasteiger partial charge in [0.25, 0.3) is 17.5 Å². The van der Waals surface area contributed by atoms with E-state index in [0.717, 1.165) is 15.4 Å². The number of benzene rings is 3. The smallest absolute Gasteiger partial charge is 0.268 e. The molecular formula is C23H15ClN2O4S. The average molecular weight is 451 g/mol. The summed E-state index contributed by atoms with van der Waals surface area (Å²) >= 11 is 7.31. The maximum absolute atomic E-state index is 13.5. The Balaban J connectivity index is 1.84. The zero-order valence-corrected chi connectivity index (χ0v) is 17.8. The molecule has 4 rings (SSSR count). The van der Waals surface area contributed by atoms with Crippen molar-refractivity contribution in [3.05, 3.63) is 104 Å². The molecule has 6 nitrogen and oxygen atoms in total. The molecule has 0 fully saturated rings. The lowest BCUT2D eigenvalue weighted by atomic mass is 10.1. The lowest BCUT2D eigenvalue weighted by Gasteiger charge is -2.18. The van der Waals surface area contributed by atoms with Crippen molar-refractivity contribution in [3.8, 4) is 0 Å². The van der Waals surface area contributed by atoms with E-state index in [-0.39, 0.29) is 16.2 Å². The number of imide groups is 1. The van der Waals surface area contributed by atoms with E-state index in [2.05, 4.69) is 0 Å². The summed E-state index contributed by atoms with van der Waals surface area (Å²) < 4.78 is 0. The van der Waals surface area contributed by atoms with E-state index in [1.165, 1.54) is 36.0 Å². The van der Waals surface area contributed by atoms with Crippen molar-refractivity contribution in [3.63, 3.8) is 0 Å². The lowest BCUT2D eigenvalue weighted by molar-refractivity contribution is -0.384. The van der Waals surface area contributed by atoms with Gasteiger partial charge in [0, 0.05) is 22.1 Å². The van der Waals surface area contributed by atoms with Gasteiger partial charge in [-0.05, 0) is 54.4 Å². The number of amides is 2. The molecular weight excluding hydrogens is 436 g/mol. The van der Waals surface area contributed by atoms with Crippen LogP contribution in [0.4, 0.5) is 11.4 Å². The van der Waals surface area contributed by atoms with Gasteiger partial charge >= 0.3 is 0 Å². The number of carbonyl (C=O) groups excluding carboxylic acids is 2. The second-order valence-corrected chi connectivity index (χ2v) is 8.32. The monoisotopic (exact) mass is 450 g/mol. The van der Waals surface area contributed by atoms with Crippen LogP contribution in [-0.2, 0) is 9.59 Å². The standard InChI is InChI=1S/C23H15ClN2O4S/c1-14-7-10-16(24)13-19(14)25-22(27)20(15-8-11-17(12-9-15)26(29)30)21(23(25)28)31-18-5-3-2-4-6-18/h2-13H,1H3. The Kier molecular flexibility index (Phi) is 5.63. The van der Waals surface area contributed by atoms with Gasteiger partial charge in [-0.15, -0.1) is 0 Å². The summed E-state index contributed by atoms with van der Waals surface area (Å²) in [5.41, 5.74) is 1.67. The van der Waals surface area contributed by atoms with E-state index in [1.807, 2.05) is 30.3 Å². The molecule has 1 heterocycles. The fourth-order valence-electron chi connectivity index (χ4n) is 3.26. The number of aryl methyl sites for hydroxylation is 1. The molecule has 8 heteroatoms. The molecule has 0 aliphatic carbocycles. The van der Waals surface area contributed by atoms with Crippen LogP contribution in [0.25, 0.3) is 5.57 Å². The molecule has 0 aromatic heterocycles. The largest absolute Gasteiger partial charge is 0.272 e. The highest BCUT2D eigenvalue weighted by Gasteiger charge is 2.41. The Bertz CT molecular complexity index is 1240. The molecule has 0 saturated heterocycles. The van der Waals surface area contributed by atoms with Crippen LogP contribution >= 0.6 is 23.4 Å². The van der Waals surface area contributed by atoms with E-state index in [9.17, 15) is 19.7 Å². The van der Waals surface area contributed by atoms with Crippen molar-refractivity contribution in [2.24, 2.45) is 0 Å². The molecule has 1 aliphatic heterocycles. The third-order valence-corrected chi connectivity index (χ3v) is 6.11. The molecule has 0 N–H and O–H groups in total. The number of thioether (sulfide) groups is 1. The minimum Gasteiger partial charge on any atom is -0.268 e. The van der Waals surface area contributed by atoms with E-state index in [1.54, 1.807) is 25.1 Å². The summed E-state index contributed by atoms with van der Waals surface area (Å²) in [5.74, 6) is -0.958. The number of nitrogens with zero attached hydrogens (tertiary/aromatic N) is 2. The van der Waals surface area contributed by atoms with Crippen molar-refractivity contribution in [1.29, 1.82) is 0 Å². The second kappa shape index (κ2) is 8.37. The summed E-state index contributed by atoms with van der Waals surface area (Å²) in [5, 5.41) is 11.4. The minimum atomic E-state index is -0.513. The van der Waals surface area contributed by atoms with Crippen molar-refractivity contribution in [1.82, 2.24) is 0 Å². The van der Waals surface area contributed by atoms with Gasteiger partial charge in [-0.25, -0.2) is 4.90 Å². The normalized spacial score (nSPS) is 13.8. The molecule has 1 aliphatic rings. The minimum absolute atomic E-state index is 0.0964. The lowest BCUT2D eigenvalue weighted by Crippen LogP contribution is -2.31. The van der Waals surface area contributed by atoms with Crippen LogP contribution in [0.3, 0.4) is 0 Å². The molecule has 0 spiro atoms. The van der Waals surface area contributed by atoms with Crippen LogP contribution in [0.1, 0.15) is 11.1 Å². The first-order valence-electron chi connectivity index (χ1n) is 9.24. The van der Waals surface area contributed by atoms with Gasteiger partial charge in [0.15, 0.2) is 0 Å².